The van der Waals surface area contributed by atoms with Gasteiger partial charge in [0.05, 0.1) is 0 Å². The first kappa shape index (κ1) is 14.9. The van der Waals surface area contributed by atoms with Gasteiger partial charge < -0.3 is 5.73 Å². The van der Waals surface area contributed by atoms with E-state index in [9.17, 15) is 9.00 Å². The Morgan fingerprint density at radius 1 is 1.15 bits per heavy atom. The predicted octanol–water partition coefficient (Wildman–Crippen LogP) is 2.85. The van der Waals surface area contributed by atoms with Crippen molar-refractivity contribution in [2.24, 2.45) is 5.73 Å². The first-order chi connectivity index (χ1) is 9.56. The molecule has 0 unspecified atom stereocenters. The third-order valence-corrected chi connectivity index (χ3v) is 4.51. The van der Waals surface area contributed by atoms with Gasteiger partial charge in [0.15, 0.2) is 0 Å². The third-order valence-electron chi connectivity index (χ3n) is 2.77. The Hall–Kier alpha value is -1.46. The minimum atomic E-state index is -1.28. The van der Waals surface area contributed by atoms with Crippen LogP contribution in [0.2, 0.25) is 0 Å². The molecule has 0 saturated carbocycles. The van der Waals surface area contributed by atoms with Gasteiger partial charge in [-0.2, -0.15) is 0 Å². The Labute approximate surface area is 128 Å². The molecule has 0 aromatic heterocycles. The maximum absolute atomic E-state index is 11.9. The first-order valence-electron chi connectivity index (χ1n) is 6.03. The zero-order valence-corrected chi connectivity index (χ0v) is 13.1. The molecule has 0 aliphatic carbocycles. The number of primary amides is 1. The third kappa shape index (κ3) is 4.02. The fourth-order valence-corrected chi connectivity index (χ4v) is 3.38. The molecule has 104 valence electrons. The zero-order chi connectivity index (χ0) is 14.5. The molecule has 0 saturated heterocycles. The Morgan fingerprint density at radius 2 is 1.90 bits per heavy atom. The van der Waals surface area contributed by atoms with E-state index in [0.29, 0.717) is 5.75 Å². The number of halogens is 1. The van der Waals surface area contributed by atoms with Gasteiger partial charge in [-0.3, -0.25) is 9.00 Å². The molecule has 1 amide bonds. The lowest BCUT2D eigenvalue weighted by atomic mass is 10.0. The van der Waals surface area contributed by atoms with Gasteiger partial charge in [0.1, 0.15) is 5.75 Å². The lowest BCUT2D eigenvalue weighted by Gasteiger charge is -2.09. The summed E-state index contributed by atoms with van der Waals surface area (Å²) in [7, 11) is -1.28. The molecule has 0 spiro atoms. The van der Waals surface area contributed by atoms with Crippen LogP contribution in [0.3, 0.4) is 0 Å². The Balaban J connectivity index is 2.31. The van der Waals surface area contributed by atoms with Crippen molar-refractivity contribution < 1.29 is 9.00 Å². The quantitative estimate of drug-likeness (QED) is 0.900. The van der Waals surface area contributed by atoms with Crippen molar-refractivity contribution in [2.45, 2.75) is 5.75 Å². The second-order valence-electron chi connectivity index (χ2n) is 4.36. The van der Waals surface area contributed by atoms with Crippen LogP contribution < -0.4 is 5.73 Å². The molecule has 20 heavy (non-hydrogen) atoms. The highest BCUT2D eigenvalue weighted by molar-refractivity contribution is 9.10. The van der Waals surface area contributed by atoms with E-state index >= 15 is 0 Å². The van der Waals surface area contributed by atoms with E-state index in [-0.39, 0.29) is 5.75 Å². The van der Waals surface area contributed by atoms with Gasteiger partial charge in [0.25, 0.3) is 0 Å². The Morgan fingerprint density at radius 3 is 2.60 bits per heavy atom. The van der Waals surface area contributed by atoms with Crippen LogP contribution in [-0.4, -0.2) is 15.9 Å². The molecule has 2 aromatic rings. The fourth-order valence-electron chi connectivity index (χ4n) is 1.97. The second-order valence-corrected chi connectivity index (χ2v) is 6.73. The number of benzene rings is 2. The van der Waals surface area contributed by atoms with Crippen molar-refractivity contribution in [3.05, 3.63) is 58.6 Å². The summed E-state index contributed by atoms with van der Waals surface area (Å²) in [5.74, 6) is -0.318. The summed E-state index contributed by atoms with van der Waals surface area (Å²) >= 11 is 3.45. The molecule has 1 atom stereocenters. The van der Waals surface area contributed by atoms with Gasteiger partial charge in [-0.1, -0.05) is 52.3 Å². The Kier molecular flexibility index (Phi) is 5.09. The van der Waals surface area contributed by atoms with Gasteiger partial charge >= 0.3 is 0 Å². The highest BCUT2D eigenvalue weighted by Gasteiger charge is 2.10. The molecule has 5 heteroatoms. The number of nitrogens with two attached hydrogens (primary N) is 1. The molecular weight excluding hydrogens is 338 g/mol. The molecule has 0 heterocycles. The lowest BCUT2D eigenvalue weighted by molar-refractivity contribution is -0.115. The fraction of sp³-hybridized carbons (Fsp3) is 0.133. The van der Waals surface area contributed by atoms with E-state index in [1.54, 1.807) is 0 Å². The van der Waals surface area contributed by atoms with Gasteiger partial charge in [-0.05, 0) is 28.8 Å². The van der Waals surface area contributed by atoms with Crippen LogP contribution >= 0.6 is 15.9 Å². The van der Waals surface area contributed by atoms with E-state index in [1.807, 2.05) is 48.5 Å². The highest BCUT2D eigenvalue weighted by atomic mass is 79.9. The van der Waals surface area contributed by atoms with E-state index in [4.69, 9.17) is 5.73 Å². The summed E-state index contributed by atoms with van der Waals surface area (Å²) in [6, 6.07) is 15.7. The molecule has 0 bridgehead atoms. The van der Waals surface area contributed by atoms with Gasteiger partial charge in [-0.15, -0.1) is 0 Å². The van der Waals surface area contributed by atoms with Crippen molar-refractivity contribution in [2.75, 3.05) is 5.75 Å². The smallest absolute Gasteiger partial charge is 0.230 e. The summed E-state index contributed by atoms with van der Waals surface area (Å²) in [5.41, 5.74) is 8.09. The molecule has 2 N–H and O–H groups in total. The standard InChI is InChI=1S/C15H14BrNO2S/c16-13-6-3-5-11(8-13)14-7-2-1-4-12(14)9-20(19)10-15(17)18/h1-8H,9-10H2,(H2,17,18)/t20-/m0/s1. The SMILES string of the molecule is NC(=O)C[S@@](=O)Cc1ccccc1-c1cccc(Br)c1. The number of carbonyl (C=O) groups is 1. The summed E-state index contributed by atoms with van der Waals surface area (Å²) < 4.78 is 12.9. The average molecular weight is 352 g/mol. The topological polar surface area (TPSA) is 60.2 Å². The number of rotatable bonds is 5. The minimum absolute atomic E-state index is 0.104. The number of hydrogen-bond donors (Lipinski definition) is 1. The van der Waals surface area contributed by atoms with Gasteiger partial charge in [0.2, 0.25) is 5.91 Å². The summed E-state index contributed by atoms with van der Waals surface area (Å²) in [6.45, 7) is 0. The predicted molar refractivity (Wildman–Crippen MR) is 85.5 cm³/mol. The maximum atomic E-state index is 11.9. The van der Waals surface area contributed by atoms with Crippen molar-refractivity contribution in [3.8, 4) is 11.1 Å². The average Bonchev–Trinajstić information content (AvgIpc) is 2.38. The summed E-state index contributed by atoms with van der Waals surface area (Å²) in [6.07, 6.45) is 0. The van der Waals surface area contributed by atoms with E-state index in [0.717, 1.165) is 21.2 Å². The molecule has 0 aliphatic heterocycles. The van der Waals surface area contributed by atoms with Crippen LogP contribution in [-0.2, 0) is 21.3 Å². The van der Waals surface area contributed by atoms with Gasteiger partial charge in [0, 0.05) is 21.0 Å². The largest absolute Gasteiger partial charge is 0.369 e. The lowest BCUT2D eigenvalue weighted by Crippen LogP contribution is -2.20. The number of amides is 1. The van der Waals surface area contributed by atoms with Gasteiger partial charge in [-0.25, -0.2) is 0 Å². The van der Waals surface area contributed by atoms with Crippen LogP contribution in [0.4, 0.5) is 0 Å². The zero-order valence-electron chi connectivity index (χ0n) is 10.7. The Bertz CT molecular complexity index is 658. The highest BCUT2D eigenvalue weighted by Crippen LogP contribution is 2.27. The maximum Gasteiger partial charge on any atom is 0.230 e. The van der Waals surface area contributed by atoms with Crippen LogP contribution in [0.15, 0.2) is 53.0 Å². The normalized spacial score (nSPS) is 12.1. The van der Waals surface area contributed by atoms with Crippen molar-refractivity contribution in [3.63, 3.8) is 0 Å². The first-order valence-corrected chi connectivity index (χ1v) is 8.31. The second kappa shape index (κ2) is 6.81. The number of hydrogen-bond acceptors (Lipinski definition) is 2. The van der Waals surface area contributed by atoms with Crippen molar-refractivity contribution in [1.82, 2.24) is 0 Å². The monoisotopic (exact) mass is 351 g/mol. The molecule has 0 fully saturated rings. The number of carbonyl (C=O) groups excluding carboxylic acids is 1. The van der Waals surface area contributed by atoms with Crippen molar-refractivity contribution >= 4 is 32.6 Å². The van der Waals surface area contributed by atoms with E-state index in [1.165, 1.54) is 0 Å². The minimum Gasteiger partial charge on any atom is -0.369 e. The van der Waals surface area contributed by atoms with Crippen LogP contribution in [0.25, 0.3) is 11.1 Å². The van der Waals surface area contributed by atoms with Crippen molar-refractivity contribution in [1.29, 1.82) is 0 Å². The molecule has 2 aromatic carbocycles. The molecular formula is C15H14BrNO2S. The molecule has 0 radical (unpaired) electrons. The van der Waals surface area contributed by atoms with Crippen LogP contribution in [0, 0.1) is 0 Å². The van der Waals surface area contributed by atoms with Crippen LogP contribution in [0.5, 0.6) is 0 Å². The molecule has 2 rings (SSSR count). The molecule has 0 aliphatic rings. The molecule has 3 nitrogen and oxygen atoms in total. The summed E-state index contributed by atoms with van der Waals surface area (Å²) in [4.78, 5) is 10.8. The van der Waals surface area contributed by atoms with E-state index in [2.05, 4.69) is 15.9 Å². The van der Waals surface area contributed by atoms with E-state index < -0.39 is 16.7 Å². The van der Waals surface area contributed by atoms with Crippen LogP contribution in [0.1, 0.15) is 5.56 Å². The summed E-state index contributed by atoms with van der Waals surface area (Å²) in [5, 5.41) is 0.